The van der Waals surface area contributed by atoms with Gasteiger partial charge in [0.15, 0.2) is 0 Å². The Hall–Kier alpha value is -2.51. The molecule has 32 heavy (non-hydrogen) atoms. The van der Waals surface area contributed by atoms with Crippen LogP contribution in [0.25, 0.3) is 10.2 Å². The van der Waals surface area contributed by atoms with Gasteiger partial charge in [0.05, 0.1) is 11.3 Å². The fourth-order valence-electron chi connectivity index (χ4n) is 4.92. The summed E-state index contributed by atoms with van der Waals surface area (Å²) >= 11 is 1.75. The number of aryl methyl sites for hydroxylation is 1. The molecule has 0 radical (unpaired) electrons. The fourth-order valence-corrected chi connectivity index (χ4v) is 5.85. The molecule has 6 nitrogen and oxygen atoms in total. The quantitative estimate of drug-likeness (QED) is 0.593. The van der Waals surface area contributed by atoms with Gasteiger partial charge in [-0.2, -0.15) is 0 Å². The van der Waals surface area contributed by atoms with Crippen LogP contribution in [-0.2, 0) is 17.8 Å². The van der Waals surface area contributed by atoms with Gasteiger partial charge in [-0.1, -0.05) is 37.3 Å². The van der Waals surface area contributed by atoms with Gasteiger partial charge in [0.1, 0.15) is 17.0 Å². The number of fused-ring (bicyclic) bond motifs is 1. The standard InChI is InChI=1S/C25H31N5OS/c1-2-21-15-22-23(26-18-27-24(22)32-21)30-10-6-9-20(17-30)25(31)29-13-11-28(12-14-29)16-19-7-4-3-5-8-19/h3-5,7-8,15,18,20H,2,6,9-14,16-17H2,1H3/t20-/m0/s1. The Kier molecular flexibility index (Phi) is 6.37. The zero-order valence-corrected chi connectivity index (χ0v) is 19.6. The first-order valence-electron chi connectivity index (χ1n) is 11.7. The van der Waals surface area contributed by atoms with E-state index in [1.165, 1.54) is 10.4 Å². The highest BCUT2D eigenvalue weighted by Crippen LogP contribution is 2.33. The van der Waals surface area contributed by atoms with Crippen LogP contribution in [-0.4, -0.2) is 64.9 Å². The van der Waals surface area contributed by atoms with Crippen molar-refractivity contribution in [3.63, 3.8) is 0 Å². The SMILES string of the molecule is CCc1cc2c(N3CCC[C@H](C(=O)N4CCN(Cc5ccccc5)CC4)C3)ncnc2s1. The van der Waals surface area contributed by atoms with Gasteiger partial charge in [-0.05, 0) is 30.9 Å². The maximum Gasteiger partial charge on any atom is 0.227 e. The molecule has 2 aromatic heterocycles. The van der Waals surface area contributed by atoms with Crippen LogP contribution in [0.3, 0.4) is 0 Å². The van der Waals surface area contributed by atoms with Crippen molar-refractivity contribution in [3.8, 4) is 0 Å². The van der Waals surface area contributed by atoms with Gasteiger partial charge in [0.25, 0.3) is 0 Å². The Morgan fingerprint density at radius 3 is 2.69 bits per heavy atom. The summed E-state index contributed by atoms with van der Waals surface area (Å²) in [6, 6.07) is 12.8. The molecule has 7 heteroatoms. The molecule has 0 unspecified atom stereocenters. The van der Waals surface area contributed by atoms with Crippen molar-refractivity contribution in [1.82, 2.24) is 19.8 Å². The van der Waals surface area contributed by atoms with Gasteiger partial charge in [-0.25, -0.2) is 9.97 Å². The molecule has 2 aliphatic heterocycles. The molecule has 2 saturated heterocycles. The van der Waals surface area contributed by atoms with Gasteiger partial charge in [0, 0.05) is 50.7 Å². The van der Waals surface area contributed by atoms with E-state index in [1.807, 2.05) is 0 Å². The summed E-state index contributed by atoms with van der Waals surface area (Å²) in [5.41, 5.74) is 1.34. The third kappa shape index (κ3) is 4.50. The zero-order valence-electron chi connectivity index (χ0n) is 18.7. The lowest BCUT2D eigenvalue weighted by molar-refractivity contribution is -0.137. The minimum atomic E-state index is 0.0544. The van der Waals surface area contributed by atoms with Crippen molar-refractivity contribution in [3.05, 3.63) is 53.2 Å². The number of benzene rings is 1. The number of carbonyl (C=O) groups excluding carboxylic acids is 1. The van der Waals surface area contributed by atoms with Crippen LogP contribution in [0.5, 0.6) is 0 Å². The maximum atomic E-state index is 13.4. The number of aromatic nitrogens is 2. The van der Waals surface area contributed by atoms with Crippen LogP contribution in [0, 0.1) is 5.92 Å². The topological polar surface area (TPSA) is 52.6 Å². The Morgan fingerprint density at radius 1 is 1.09 bits per heavy atom. The van der Waals surface area contributed by atoms with Crippen LogP contribution in [0.1, 0.15) is 30.2 Å². The monoisotopic (exact) mass is 449 g/mol. The number of rotatable bonds is 5. The second kappa shape index (κ2) is 9.55. The lowest BCUT2D eigenvalue weighted by Crippen LogP contribution is -2.52. The van der Waals surface area contributed by atoms with E-state index in [0.717, 1.165) is 81.1 Å². The lowest BCUT2D eigenvalue weighted by atomic mass is 9.96. The van der Waals surface area contributed by atoms with E-state index in [2.05, 4.69) is 68.0 Å². The van der Waals surface area contributed by atoms with Gasteiger partial charge >= 0.3 is 0 Å². The summed E-state index contributed by atoms with van der Waals surface area (Å²) in [4.78, 5) is 31.7. The van der Waals surface area contributed by atoms with Crippen molar-refractivity contribution < 1.29 is 4.79 Å². The Bertz CT molecular complexity index is 1060. The van der Waals surface area contributed by atoms with E-state index in [0.29, 0.717) is 5.91 Å². The normalized spacial score (nSPS) is 20.1. The van der Waals surface area contributed by atoms with Gasteiger partial charge in [-0.3, -0.25) is 9.69 Å². The first-order valence-corrected chi connectivity index (χ1v) is 12.6. The predicted octanol–water partition coefficient (Wildman–Crippen LogP) is 3.81. The number of carbonyl (C=O) groups is 1. The van der Waals surface area contributed by atoms with Gasteiger partial charge in [-0.15, -0.1) is 11.3 Å². The third-order valence-electron chi connectivity index (χ3n) is 6.71. The molecule has 0 aliphatic carbocycles. The minimum Gasteiger partial charge on any atom is -0.355 e. The Labute approximate surface area is 193 Å². The average Bonchev–Trinajstić information content (AvgIpc) is 3.28. The van der Waals surface area contributed by atoms with Crippen molar-refractivity contribution in [2.24, 2.45) is 5.92 Å². The molecule has 1 atom stereocenters. The molecule has 168 valence electrons. The summed E-state index contributed by atoms with van der Waals surface area (Å²) < 4.78 is 0. The van der Waals surface area contributed by atoms with E-state index in [4.69, 9.17) is 0 Å². The predicted molar refractivity (Wildman–Crippen MR) is 130 cm³/mol. The lowest BCUT2D eigenvalue weighted by Gasteiger charge is -2.39. The fraction of sp³-hybridized carbons (Fsp3) is 0.480. The van der Waals surface area contributed by atoms with E-state index < -0.39 is 0 Å². The zero-order chi connectivity index (χ0) is 21.9. The summed E-state index contributed by atoms with van der Waals surface area (Å²) in [5, 5.41) is 1.14. The average molecular weight is 450 g/mol. The molecule has 0 N–H and O–H groups in total. The second-order valence-electron chi connectivity index (χ2n) is 8.85. The number of piperazine rings is 1. The highest BCUT2D eigenvalue weighted by molar-refractivity contribution is 7.18. The Morgan fingerprint density at radius 2 is 1.91 bits per heavy atom. The number of hydrogen-bond donors (Lipinski definition) is 0. The van der Waals surface area contributed by atoms with Crippen molar-refractivity contribution in [2.75, 3.05) is 44.2 Å². The summed E-state index contributed by atoms with van der Waals surface area (Å²) in [6.45, 7) is 8.38. The molecular weight excluding hydrogens is 418 g/mol. The minimum absolute atomic E-state index is 0.0544. The van der Waals surface area contributed by atoms with Crippen LogP contribution in [0.4, 0.5) is 5.82 Å². The number of anilines is 1. The Balaban J connectivity index is 1.21. The van der Waals surface area contributed by atoms with E-state index in [9.17, 15) is 4.79 Å². The first kappa shape index (κ1) is 21.3. The molecule has 5 rings (SSSR count). The maximum absolute atomic E-state index is 13.4. The number of hydrogen-bond acceptors (Lipinski definition) is 6. The van der Waals surface area contributed by atoms with Crippen LogP contribution in [0.2, 0.25) is 0 Å². The van der Waals surface area contributed by atoms with Crippen molar-refractivity contribution >= 4 is 33.3 Å². The van der Waals surface area contributed by atoms with Crippen LogP contribution >= 0.6 is 11.3 Å². The van der Waals surface area contributed by atoms with Gasteiger partial charge in [0.2, 0.25) is 5.91 Å². The molecule has 0 saturated carbocycles. The number of thiophene rings is 1. The van der Waals surface area contributed by atoms with Crippen molar-refractivity contribution in [2.45, 2.75) is 32.7 Å². The summed E-state index contributed by atoms with van der Waals surface area (Å²) in [6.07, 6.45) is 4.68. The van der Waals surface area contributed by atoms with Crippen molar-refractivity contribution in [1.29, 1.82) is 0 Å². The largest absolute Gasteiger partial charge is 0.355 e. The third-order valence-corrected chi connectivity index (χ3v) is 7.90. The molecule has 0 bridgehead atoms. The highest BCUT2D eigenvalue weighted by atomic mass is 32.1. The number of amides is 1. The molecule has 2 fully saturated rings. The van der Waals surface area contributed by atoms with Crippen LogP contribution < -0.4 is 4.90 Å². The second-order valence-corrected chi connectivity index (χ2v) is 9.97. The molecule has 1 aromatic carbocycles. The smallest absolute Gasteiger partial charge is 0.227 e. The van der Waals surface area contributed by atoms with Crippen LogP contribution in [0.15, 0.2) is 42.7 Å². The number of nitrogens with zero attached hydrogens (tertiary/aromatic N) is 5. The van der Waals surface area contributed by atoms with Gasteiger partial charge < -0.3 is 9.80 Å². The molecule has 4 heterocycles. The molecule has 3 aromatic rings. The molecule has 2 aliphatic rings. The van der Waals surface area contributed by atoms with E-state index in [1.54, 1.807) is 17.7 Å². The first-order chi connectivity index (χ1) is 15.7. The number of piperidine rings is 1. The molecule has 1 amide bonds. The van der Waals surface area contributed by atoms with E-state index >= 15 is 0 Å². The van der Waals surface area contributed by atoms with E-state index in [-0.39, 0.29) is 5.92 Å². The molecular formula is C25H31N5OS. The molecule has 0 spiro atoms. The summed E-state index contributed by atoms with van der Waals surface area (Å²) in [7, 11) is 0. The highest BCUT2D eigenvalue weighted by Gasteiger charge is 2.32. The summed E-state index contributed by atoms with van der Waals surface area (Å²) in [5.74, 6) is 1.37.